The molecular formula is C25H22N2O3. The summed E-state index contributed by atoms with van der Waals surface area (Å²) in [7, 11) is 1.63. The summed E-state index contributed by atoms with van der Waals surface area (Å²) in [5, 5.41) is 4.26. The molecule has 30 heavy (non-hydrogen) atoms. The quantitative estimate of drug-likeness (QED) is 0.709. The maximum atomic E-state index is 12.6. The molecule has 1 aromatic heterocycles. The molecule has 150 valence electrons. The number of dihydropyridines is 1. The number of hydrogen-bond donors (Lipinski definition) is 1. The third-order valence-electron chi connectivity index (χ3n) is 5.80. The Balaban J connectivity index is 1.73. The second kappa shape index (κ2) is 7.52. The van der Waals surface area contributed by atoms with Crippen LogP contribution < -0.4 is 5.32 Å². The SMILES string of the molecule is COC1OCC2=C1C(c1cccc3ncc(-c4ccccc4)cc13)C(C(C)=O)=CN2. The predicted molar refractivity (Wildman–Crippen MR) is 116 cm³/mol. The van der Waals surface area contributed by atoms with Crippen molar-refractivity contribution in [1.29, 1.82) is 0 Å². The van der Waals surface area contributed by atoms with Crippen LogP contribution in [-0.4, -0.2) is 30.8 Å². The van der Waals surface area contributed by atoms with Gasteiger partial charge in [-0.05, 0) is 30.2 Å². The van der Waals surface area contributed by atoms with E-state index >= 15 is 0 Å². The number of allylic oxidation sites excluding steroid dienone is 1. The highest BCUT2D eigenvalue weighted by atomic mass is 16.7. The van der Waals surface area contributed by atoms with Crippen molar-refractivity contribution in [3.63, 3.8) is 0 Å². The lowest BCUT2D eigenvalue weighted by atomic mass is 9.79. The summed E-state index contributed by atoms with van der Waals surface area (Å²) >= 11 is 0. The number of nitrogens with one attached hydrogen (secondary N) is 1. The van der Waals surface area contributed by atoms with Gasteiger partial charge in [0, 0.05) is 53.2 Å². The minimum absolute atomic E-state index is 0.0185. The zero-order valence-corrected chi connectivity index (χ0v) is 16.9. The molecule has 0 aliphatic carbocycles. The Kier molecular flexibility index (Phi) is 4.69. The van der Waals surface area contributed by atoms with Gasteiger partial charge in [0.25, 0.3) is 0 Å². The molecule has 0 fully saturated rings. The number of ketones is 1. The van der Waals surface area contributed by atoms with Gasteiger partial charge in [-0.15, -0.1) is 0 Å². The number of methoxy groups -OCH3 is 1. The smallest absolute Gasteiger partial charge is 0.182 e. The number of carbonyl (C=O) groups is 1. The number of rotatable bonds is 4. The summed E-state index contributed by atoms with van der Waals surface area (Å²) in [6, 6.07) is 18.4. The first-order valence-electron chi connectivity index (χ1n) is 9.96. The minimum atomic E-state index is -0.485. The van der Waals surface area contributed by atoms with Crippen molar-refractivity contribution in [3.8, 4) is 11.1 Å². The van der Waals surface area contributed by atoms with Gasteiger partial charge in [-0.1, -0.05) is 42.5 Å². The summed E-state index contributed by atoms with van der Waals surface area (Å²) in [6.45, 7) is 2.03. The first-order valence-corrected chi connectivity index (χ1v) is 9.96. The average Bonchev–Trinajstić information content (AvgIpc) is 3.21. The van der Waals surface area contributed by atoms with Crippen molar-refractivity contribution in [2.24, 2.45) is 0 Å². The van der Waals surface area contributed by atoms with Crippen LogP contribution in [0.25, 0.3) is 22.0 Å². The molecule has 2 aliphatic heterocycles. The lowest BCUT2D eigenvalue weighted by Crippen LogP contribution is -2.27. The molecule has 2 aromatic carbocycles. The lowest BCUT2D eigenvalue weighted by molar-refractivity contribution is -0.114. The Morgan fingerprint density at radius 3 is 2.73 bits per heavy atom. The number of nitrogens with zero attached hydrogens (tertiary/aromatic N) is 1. The molecule has 0 saturated heterocycles. The van der Waals surface area contributed by atoms with Crippen LogP contribution in [0, 0.1) is 0 Å². The number of aromatic nitrogens is 1. The van der Waals surface area contributed by atoms with E-state index in [-0.39, 0.29) is 11.7 Å². The van der Waals surface area contributed by atoms with Gasteiger partial charge in [0.15, 0.2) is 12.1 Å². The Bertz CT molecular complexity index is 1200. The van der Waals surface area contributed by atoms with E-state index in [9.17, 15) is 4.79 Å². The van der Waals surface area contributed by atoms with E-state index in [0.717, 1.165) is 38.9 Å². The van der Waals surface area contributed by atoms with E-state index in [0.29, 0.717) is 12.2 Å². The van der Waals surface area contributed by atoms with Crippen molar-refractivity contribution in [3.05, 3.63) is 89.4 Å². The second-order valence-corrected chi connectivity index (χ2v) is 7.55. The number of carbonyl (C=O) groups excluding carboxylic acids is 1. The van der Waals surface area contributed by atoms with Gasteiger partial charge in [-0.3, -0.25) is 9.78 Å². The fraction of sp³-hybridized carbons (Fsp3) is 0.200. The molecule has 0 bridgehead atoms. The van der Waals surface area contributed by atoms with E-state index < -0.39 is 6.29 Å². The number of hydrogen-bond acceptors (Lipinski definition) is 5. The number of ether oxygens (including phenoxy) is 2. The van der Waals surface area contributed by atoms with Gasteiger partial charge >= 0.3 is 0 Å². The zero-order chi connectivity index (χ0) is 20.7. The third kappa shape index (κ3) is 3.03. The van der Waals surface area contributed by atoms with Crippen LogP contribution in [0.2, 0.25) is 0 Å². The molecule has 2 atom stereocenters. The predicted octanol–water partition coefficient (Wildman–Crippen LogP) is 4.32. The van der Waals surface area contributed by atoms with Crippen molar-refractivity contribution >= 4 is 16.7 Å². The Morgan fingerprint density at radius 2 is 1.97 bits per heavy atom. The Labute approximate surface area is 175 Å². The lowest BCUT2D eigenvalue weighted by Gasteiger charge is -2.29. The molecule has 2 aliphatic rings. The normalized spacial score (nSPS) is 20.7. The fourth-order valence-corrected chi connectivity index (χ4v) is 4.37. The average molecular weight is 398 g/mol. The number of benzene rings is 2. The highest BCUT2D eigenvalue weighted by Crippen LogP contribution is 2.44. The molecule has 3 heterocycles. The summed E-state index contributed by atoms with van der Waals surface area (Å²) in [4.78, 5) is 17.3. The van der Waals surface area contributed by atoms with Gasteiger partial charge in [-0.25, -0.2) is 0 Å². The van der Waals surface area contributed by atoms with Crippen molar-refractivity contribution in [1.82, 2.24) is 10.3 Å². The molecule has 0 spiro atoms. The Morgan fingerprint density at radius 1 is 1.13 bits per heavy atom. The van der Waals surface area contributed by atoms with E-state index in [1.807, 2.05) is 36.5 Å². The van der Waals surface area contributed by atoms with Crippen LogP contribution in [0.15, 0.2) is 83.8 Å². The van der Waals surface area contributed by atoms with Crippen molar-refractivity contribution in [2.75, 3.05) is 13.7 Å². The van der Waals surface area contributed by atoms with E-state index in [1.54, 1.807) is 20.2 Å². The molecular weight excluding hydrogens is 376 g/mol. The van der Waals surface area contributed by atoms with Gasteiger partial charge in [-0.2, -0.15) is 0 Å². The third-order valence-corrected chi connectivity index (χ3v) is 5.80. The number of fused-ring (bicyclic) bond motifs is 1. The van der Waals surface area contributed by atoms with Crippen LogP contribution in [-0.2, 0) is 14.3 Å². The fourth-order valence-electron chi connectivity index (χ4n) is 4.37. The maximum absolute atomic E-state index is 12.6. The summed E-state index contributed by atoms with van der Waals surface area (Å²) in [5.41, 5.74) is 6.68. The monoisotopic (exact) mass is 398 g/mol. The first-order chi connectivity index (χ1) is 14.7. The van der Waals surface area contributed by atoms with Crippen LogP contribution in [0.1, 0.15) is 18.4 Å². The molecule has 3 aromatic rings. The zero-order valence-electron chi connectivity index (χ0n) is 16.9. The summed E-state index contributed by atoms with van der Waals surface area (Å²) in [5.74, 6) is -0.229. The van der Waals surface area contributed by atoms with E-state index in [4.69, 9.17) is 14.5 Å². The van der Waals surface area contributed by atoms with E-state index in [2.05, 4.69) is 29.6 Å². The van der Waals surface area contributed by atoms with Crippen molar-refractivity contribution < 1.29 is 14.3 Å². The van der Waals surface area contributed by atoms with Gasteiger partial charge in [0.1, 0.15) is 0 Å². The van der Waals surface area contributed by atoms with Gasteiger partial charge in [0.2, 0.25) is 0 Å². The molecule has 0 radical (unpaired) electrons. The van der Waals surface area contributed by atoms with Crippen LogP contribution in [0.4, 0.5) is 0 Å². The molecule has 5 heteroatoms. The Hall–Kier alpha value is -3.28. The number of pyridine rings is 1. The topological polar surface area (TPSA) is 60.5 Å². The van der Waals surface area contributed by atoms with Gasteiger partial charge in [0.05, 0.1) is 12.1 Å². The maximum Gasteiger partial charge on any atom is 0.182 e. The second-order valence-electron chi connectivity index (χ2n) is 7.55. The standard InChI is InChI=1S/C25H22N2O3/c1-15(28)20-13-27-22-14-30-25(29-2)24(22)23(20)18-9-6-10-21-19(18)11-17(12-26-21)16-7-4-3-5-8-16/h3-13,23,25,27H,14H2,1-2H3. The molecule has 0 amide bonds. The van der Waals surface area contributed by atoms with Crippen LogP contribution in [0.5, 0.6) is 0 Å². The minimum Gasteiger partial charge on any atom is -0.363 e. The summed E-state index contributed by atoms with van der Waals surface area (Å²) < 4.78 is 11.4. The first kappa shape index (κ1) is 18.7. The number of Topliss-reactive ketones (excluding diaryl/α,β-unsaturated/α-hetero) is 1. The molecule has 0 saturated carbocycles. The summed E-state index contributed by atoms with van der Waals surface area (Å²) in [6.07, 6.45) is 3.22. The highest BCUT2D eigenvalue weighted by Gasteiger charge is 2.39. The van der Waals surface area contributed by atoms with E-state index in [1.165, 1.54) is 0 Å². The van der Waals surface area contributed by atoms with Crippen LogP contribution in [0.3, 0.4) is 0 Å². The van der Waals surface area contributed by atoms with Gasteiger partial charge < -0.3 is 14.8 Å². The molecule has 5 rings (SSSR count). The molecule has 2 unspecified atom stereocenters. The van der Waals surface area contributed by atoms with Crippen molar-refractivity contribution in [2.45, 2.75) is 19.1 Å². The van der Waals surface area contributed by atoms with Crippen LogP contribution >= 0.6 is 0 Å². The highest BCUT2D eigenvalue weighted by molar-refractivity contribution is 5.98. The largest absolute Gasteiger partial charge is 0.363 e. The molecule has 5 nitrogen and oxygen atoms in total. The molecule has 1 N–H and O–H groups in total.